The number of primary amides is 1. The highest BCUT2D eigenvalue weighted by molar-refractivity contribution is 5.77. The minimum Gasteiger partial charge on any atom is -0.495 e. The number of hydrogen-bond donors (Lipinski definition) is 3. The fraction of sp³-hybridized carbons (Fsp3) is 0.409. The Morgan fingerprint density at radius 1 is 1.27 bits per heavy atom. The van der Waals surface area contributed by atoms with Crippen LogP contribution in [0.15, 0.2) is 30.6 Å². The molecule has 2 aromatic heterocycles. The van der Waals surface area contributed by atoms with Gasteiger partial charge in [-0.05, 0) is 37.3 Å². The maximum absolute atomic E-state index is 11.6. The van der Waals surface area contributed by atoms with Gasteiger partial charge < -0.3 is 21.5 Å². The lowest BCUT2D eigenvalue weighted by Crippen LogP contribution is -2.27. The summed E-state index contributed by atoms with van der Waals surface area (Å²) in [6.45, 7) is 0. The summed E-state index contributed by atoms with van der Waals surface area (Å²) in [5, 5.41) is 3.58. The lowest BCUT2D eigenvalue weighted by molar-refractivity contribution is -0.122. The van der Waals surface area contributed by atoms with E-state index < -0.39 is 0 Å². The van der Waals surface area contributed by atoms with Crippen molar-refractivity contribution in [1.82, 2.24) is 14.4 Å². The first kappa shape index (κ1) is 18.7. The minimum atomic E-state index is -0.197. The van der Waals surface area contributed by atoms with Crippen molar-refractivity contribution in [1.29, 1.82) is 0 Å². The number of aromatic nitrogens is 3. The van der Waals surface area contributed by atoms with Crippen LogP contribution in [0.25, 0.3) is 5.52 Å². The Kier molecular flexibility index (Phi) is 4.49. The molecule has 30 heavy (non-hydrogen) atoms. The van der Waals surface area contributed by atoms with Gasteiger partial charge in [-0.25, -0.2) is 9.97 Å². The molecule has 1 atom stereocenters. The van der Waals surface area contributed by atoms with E-state index in [1.807, 2.05) is 18.3 Å². The molecule has 1 aromatic carbocycles. The molecule has 0 radical (unpaired) electrons. The summed E-state index contributed by atoms with van der Waals surface area (Å²) in [5.41, 5.74) is 15.8. The molecule has 1 aliphatic carbocycles. The molecule has 156 valence electrons. The van der Waals surface area contributed by atoms with Gasteiger partial charge in [-0.2, -0.15) is 0 Å². The fourth-order valence-electron chi connectivity index (χ4n) is 4.97. The topological polar surface area (TPSA) is 121 Å². The normalized spacial score (nSPS) is 23.2. The van der Waals surface area contributed by atoms with Gasteiger partial charge in [0.2, 0.25) is 5.91 Å². The van der Waals surface area contributed by atoms with Crippen molar-refractivity contribution < 1.29 is 9.53 Å². The third-order valence-corrected chi connectivity index (χ3v) is 6.54. The molecule has 2 aliphatic rings. The summed E-state index contributed by atoms with van der Waals surface area (Å²) in [6, 6.07) is 6.06. The third kappa shape index (κ3) is 2.94. The maximum Gasteiger partial charge on any atom is 0.220 e. The molecular formula is C22H26N6O2. The van der Waals surface area contributed by atoms with E-state index in [0.29, 0.717) is 5.82 Å². The van der Waals surface area contributed by atoms with E-state index in [1.165, 1.54) is 5.56 Å². The van der Waals surface area contributed by atoms with Crippen LogP contribution in [0.2, 0.25) is 0 Å². The molecule has 1 amide bonds. The first-order chi connectivity index (χ1) is 14.6. The fourth-order valence-corrected chi connectivity index (χ4v) is 4.97. The zero-order valence-corrected chi connectivity index (χ0v) is 17.0. The minimum absolute atomic E-state index is 0.00601. The number of anilines is 2. The lowest BCUT2D eigenvalue weighted by atomic mass is 9.81. The Labute approximate surface area is 174 Å². The van der Waals surface area contributed by atoms with Gasteiger partial charge in [0, 0.05) is 30.7 Å². The van der Waals surface area contributed by atoms with Crippen LogP contribution < -0.4 is 21.5 Å². The van der Waals surface area contributed by atoms with Gasteiger partial charge in [-0.1, -0.05) is 12.1 Å². The second-order valence-electron chi connectivity index (χ2n) is 8.23. The second kappa shape index (κ2) is 7.19. The molecule has 8 nitrogen and oxygen atoms in total. The summed E-state index contributed by atoms with van der Waals surface area (Å²) in [6.07, 6.45) is 7.83. The van der Waals surface area contributed by atoms with Crippen LogP contribution in [0.5, 0.6) is 5.75 Å². The quantitative estimate of drug-likeness (QED) is 0.613. The first-order valence-corrected chi connectivity index (χ1v) is 10.4. The molecule has 1 fully saturated rings. The van der Waals surface area contributed by atoms with Crippen molar-refractivity contribution in [3.05, 3.63) is 47.7 Å². The number of para-hydroxylation sites is 1. The van der Waals surface area contributed by atoms with E-state index in [9.17, 15) is 4.79 Å². The molecule has 0 spiro atoms. The number of methoxy groups -OCH3 is 1. The van der Waals surface area contributed by atoms with Crippen LogP contribution in [0, 0.1) is 5.92 Å². The number of fused-ring (bicyclic) bond motifs is 2. The Hall–Kier alpha value is -3.29. The average molecular weight is 406 g/mol. The van der Waals surface area contributed by atoms with Gasteiger partial charge in [0.15, 0.2) is 0 Å². The Balaban J connectivity index is 1.52. The monoisotopic (exact) mass is 406 g/mol. The number of rotatable bonds is 4. The van der Waals surface area contributed by atoms with Gasteiger partial charge in [-0.3, -0.25) is 9.20 Å². The lowest BCUT2D eigenvalue weighted by Gasteiger charge is -2.25. The van der Waals surface area contributed by atoms with Crippen LogP contribution in [-0.2, 0) is 11.2 Å². The van der Waals surface area contributed by atoms with Crippen molar-refractivity contribution in [3.8, 4) is 5.75 Å². The zero-order chi connectivity index (χ0) is 20.8. The number of ether oxygens (including phenoxy) is 1. The predicted molar refractivity (Wildman–Crippen MR) is 114 cm³/mol. The van der Waals surface area contributed by atoms with Crippen molar-refractivity contribution >= 4 is 22.9 Å². The van der Waals surface area contributed by atoms with Crippen LogP contribution in [0.4, 0.5) is 11.5 Å². The molecule has 0 saturated heterocycles. The number of carbonyl (C=O) groups is 1. The number of hydrogen-bond acceptors (Lipinski definition) is 6. The molecular weight excluding hydrogens is 380 g/mol. The number of benzene rings is 1. The molecule has 1 aliphatic heterocycles. The third-order valence-electron chi connectivity index (χ3n) is 6.54. The highest BCUT2D eigenvalue weighted by atomic mass is 16.5. The van der Waals surface area contributed by atoms with Crippen LogP contribution in [0.3, 0.4) is 0 Å². The standard InChI is InChI=1S/C22H26N6O2/c1-30-16-4-2-3-14-11-15(26-17(14)16)18-19-20(23)25-9-10-28(19)22(27-18)13-7-5-12(6-8-13)21(24)29/h2-4,9-10,12-13,15,26H,5-8,11H2,1H3,(H2,23,25)(H2,24,29). The van der Waals surface area contributed by atoms with Gasteiger partial charge in [0.25, 0.3) is 0 Å². The largest absolute Gasteiger partial charge is 0.495 e. The number of nitrogens with two attached hydrogens (primary N) is 2. The smallest absolute Gasteiger partial charge is 0.220 e. The summed E-state index contributed by atoms with van der Waals surface area (Å²) in [5.74, 6) is 2.33. The molecule has 1 unspecified atom stereocenters. The van der Waals surface area contributed by atoms with Crippen LogP contribution >= 0.6 is 0 Å². The predicted octanol–water partition coefficient (Wildman–Crippen LogP) is 2.79. The van der Waals surface area contributed by atoms with E-state index in [0.717, 1.165) is 60.6 Å². The van der Waals surface area contributed by atoms with Crippen molar-refractivity contribution in [3.63, 3.8) is 0 Å². The number of amides is 1. The first-order valence-electron chi connectivity index (χ1n) is 10.4. The van der Waals surface area contributed by atoms with Crippen molar-refractivity contribution in [2.24, 2.45) is 11.7 Å². The van der Waals surface area contributed by atoms with Gasteiger partial charge in [0.1, 0.15) is 22.9 Å². The van der Waals surface area contributed by atoms with Gasteiger partial charge in [0.05, 0.1) is 24.5 Å². The Bertz CT molecular complexity index is 1120. The molecule has 5 N–H and O–H groups in total. The van der Waals surface area contributed by atoms with E-state index in [4.69, 9.17) is 21.2 Å². The van der Waals surface area contributed by atoms with E-state index in [1.54, 1.807) is 13.3 Å². The number of carbonyl (C=O) groups excluding carboxylic acids is 1. The molecule has 8 heteroatoms. The van der Waals surface area contributed by atoms with Crippen molar-refractivity contribution in [2.45, 2.75) is 44.1 Å². The average Bonchev–Trinajstić information content (AvgIpc) is 3.36. The summed E-state index contributed by atoms with van der Waals surface area (Å²) < 4.78 is 7.60. The van der Waals surface area contributed by atoms with E-state index in [2.05, 4.69) is 20.8 Å². The molecule has 3 heterocycles. The number of nitrogens with one attached hydrogen (secondary N) is 1. The highest BCUT2D eigenvalue weighted by Gasteiger charge is 2.33. The Morgan fingerprint density at radius 2 is 2.07 bits per heavy atom. The molecule has 1 saturated carbocycles. The summed E-state index contributed by atoms with van der Waals surface area (Å²) in [4.78, 5) is 21.0. The van der Waals surface area contributed by atoms with E-state index in [-0.39, 0.29) is 23.8 Å². The molecule has 5 rings (SSSR count). The number of nitrogen functional groups attached to an aromatic ring is 1. The number of imidazole rings is 1. The van der Waals surface area contributed by atoms with Crippen LogP contribution in [-0.4, -0.2) is 27.4 Å². The summed E-state index contributed by atoms with van der Waals surface area (Å²) >= 11 is 0. The van der Waals surface area contributed by atoms with Crippen molar-refractivity contribution in [2.75, 3.05) is 18.2 Å². The van der Waals surface area contributed by atoms with Gasteiger partial charge >= 0.3 is 0 Å². The Morgan fingerprint density at radius 3 is 2.80 bits per heavy atom. The van der Waals surface area contributed by atoms with Gasteiger partial charge in [-0.15, -0.1) is 0 Å². The molecule has 3 aromatic rings. The maximum atomic E-state index is 11.6. The van der Waals surface area contributed by atoms with Crippen LogP contribution in [0.1, 0.15) is 54.7 Å². The number of nitrogens with zero attached hydrogens (tertiary/aromatic N) is 3. The zero-order valence-electron chi connectivity index (χ0n) is 17.0. The second-order valence-corrected chi connectivity index (χ2v) is 8.23. The summed E-state index contributed by atoms with van der Waals surface area (Å²) in [7, 11) is 1.68. The SMILES string of the molecule is COc1cccc2c1NC(c1nc(C3CCC(C(N)=O)CC3)n3ccnc(N)c13)C2. The van der Waals surface area contributed by atoms with E-state index >= 15 is 0 Å². The highest BCUT2D eigenvalue weighted by Crippen LogP contribution is 2.43. The molecule has 0 bridgehead atoms.